The van der Waals surface area contributed by atoms with Crippen molar-refractivity contribution in [2.24, 2.45) is 5.92 Å². The van der Waals surface area contributed by atoms with Gasteiger partial charge in [-0.15, -0.1) is 21.5 Å². The van der Waals surface area contributed by atoms with Crippen LogP contribution in [-0.4, -0.2) is 63.7 Å². The van der Waals surface area contributed by atoms with Crippen molar-refractivity contribution < 1.29 is 18.4 Å². The monoisotopic (exact) mass is 472 g/mol. The Morgan fingerprint density at radius 3 is 2.81 bits per heavy atom. The third-order valence-electron chi connectivity index (χ3n) is 5.92. The number of amides is 2. The molecule has 0 unspecified atom stereocenters. The van der Waals surface area contributed by atoms with Gasteiger partial charge >= 0.3 is 0 Å². The van der Waals surface area contributed by atoms with Gasteiger partial charge in [0.2, 0.25) is 5.91 Å². The van der Waals surface area contributed by atoms with Gasteiger partial charge in [-0.2, -0.15) is 0 Å². The number of hydrogen-bond donors (Lipinski definition) is 0. The highest BCUT2D eigenvalue weighted by molar-refractivity contribution is 7.99. The fourth-order valence-corrected chi connectivity index (χ4v) is 5.90. The van der Waals surface area contributed by atoms with E-state index in [1.54, 1.807) is 33.3 Å². The summed E-state index contributed by atoms with van der Waals surface area (Å²) in [5.41, 5.74) is 1.40. The average molecular weight is 473 g/mol. The van der Waals surface area contributed by atoms with Crippen molar-refractivity contribution in [3.63, 3.8) is 0 Å². The Bertz CT molecular complexity index is 1100. The number of thiophene rings is 1. The van der Waals surface area contributed by atoms with Gasteiger partial charge in [0.15, 0.2) is 5.76 Å². The van der Waals surface area contributed by atoms with Crippen molar-refractivity contribution in [3.05, 3.63) is 40.7 Å². The zero-order valence-corrected chi connectivity index (χ0v) is 19.4. The molecule has 1 atom stereocenters. The maximum Gasteiger partial charge on any atom is 0.289 e. The number of fused-ring (bicyclic) bond motifs is 1. The second kappa shape index (κ2) is 9.11. The Labute approximate surface area is 194 Å². The molecule has 2 aliphatic rings. The van der Waals surface area contributed by atoms with Gasteiger partial charge in [-0.05, 0) is 48.9 Å². The lowest BCUT2D eigenvalue weighted by atomic mass is 9.90. The summed E-state index contributed by atoms with van der Waals surface area (Å²) in [4.78, 5) is 30.9. The molecule has 10 heteroatoms. The van der Waals surface area contributed by atoms with E-state index in [1.807, 2.05) is 0 Å². The maximum absolute atomic E-state index is 12.6. The zero-order valence-electron chi connectivity index (χ0n) is 17.8. The topological polar surface area (TPSA) is 92.7 Å². The molecule has 0 bridgehead atoms. The number of nitrogens with zero attached hydrogens (tertiary/aromatic N) is 4. The quantitative estimate of drug-likeness (QED) is 0.524. The summed E-state index contributed by atoms with van der Waals surface area (Å²) in [6, 6.07) is 5.52. The number of furan rings is 1. The van der Waals surface area contributed by atoms with Gasteiger partial charge in [0.05, 0.1) is 16.9 Å². The summed E-state index contributed by atoms with van der Waals surface area (Å²) in [7, 11) is 0. The minimum absolute atomic E-state index is 0.000392. The lowest BCUT2D eigenvalue weighted by Gasteiger charge is -2.34. The number of carbonyl (C=O) groups is 2. The second-order valence-electron chi connectivity index (χ2n) is 8.22. The number of piperazine rings is 1. The van der Waals surface area contributed by atoms with E-state index in [-0.39, 0.29) is 17.6 Å². The van der Waals surface area contributed by atoms with E-state index in [1.165, 1.54) is 34.9 Å². The van der Waals surface area contributed by atoms with Crippen LogP contribution in [0.1, 0.15) is 34.3 Å². The fraction of sp³-hybridized carbons (Fsp3) is 0.455. The van der Waals surface area contributed by atoms with Crippen LogP contribution in [0.15, 0.2) is 38.5 Å². The van der Waals surface area contributed by atoms with Gasteiger partial charge in [0.1, 0.15) is 0 Å². The SMILES string of the molecule is C[C@@H]1CCc2sc(-c3nnc(SCC(=O)N4CCN(C(=O)c5ccco5)CC4)o3)cc2C1. The molecular weight excluding hydrogens is 448 g/mol. The molecule has 0 spiro atoms. The Balaban J connectivity index is 1.12. The third kappa shape index (κ3) is 4.47. The molecule has 0 N–H and O–H groups in total. The summed E-state index contributed by atoms with van der Waals surface area (Å²) in [6.07, 6.45) is 4.94. The average Bonchev–Trinajstić information content (AvgIpc) is 3.57. The molecule has 1 aliphatic heterocycles. The van der Waals surface area contributed by atoms with E-state index < -0.39 is 0 Å². The molecule has 5 rings (SSSR count). The smallest absolute Gasteiger partial charge is 0.289 e. The van der Waals surface area contributed by atoms with Crippen LogP contribution in [0.3, 0.4) is 0 Å². The molecule has 1 aliphatic carbocycles. The number of carbonyl (C=O) groups excluding carboxylic acids is 2. The Kier molecular flexibility index (Phi) is 6.05. The van der Waals surface area contributed by atoms with Crippen LogP contribution in [0.25, 0.3) is 10.8 Å². The van der Waals surface area contributed by atoms with Gasteiger partial charge in [0.25, 0.3) is 17.0 Å². The molecule has 0 saturated carbocycles. The van der Waals surface area contributed by atoms with E-state index in [9.17, 15) is 9.59 Å². The number of aryl methyl sites for hydroxylation is 1. The Hall–Kier alpha value is -2.59. The fourth-order valence-electron chi connectivity index (χ4n) is 4.11. The highest BCUT2D eigenvalue weighted by atomic mass is 32.2. The zero-order chi connectivity index (χ0) is 22.1. The molecule has 168 valence electrons. The third-order valence-corrected chi connectivity index (χ3v) is 7.95. The summed E-state index contributed by atoms with van der Waals surface area (Å²) < 4.78 is 11.0. The van der Waals surface area contributed by atoms with Gasteiger partial charge in [-0.3, -0.25) is 9.59 Å². The van der Waals surface area contributed by atoms with Crippen molar-refractivity contribution in [1.29, 1.82) is 0 Å². The standard InChI is InChI=1S/C22H24N4O4S2/c1-14-4-5-17-15(11-14)12-18(32-17)20-23-24-22(30-20)31-13-19(27)25-6-8-26(9-7-25)21(28)16-3-2-10-29-16/h2-3,10,12,14H,4-9,11,13H2,1H3/t14-/m1/s1. The van der Waals surface area contributed by atoms with Crippen molar-refractivity contribution in [1.82, 2.24) is 20.0 Å². The minimum Gasteiger partial charge on any atom is -0.459 e. The molecule has 3 aromatic heterocycles. The van der Waals surface area contributed by atoms with Crippen molar-refractivity contribution in [2.45, 2.75) is 31.4 Å². The predicted molar refractivity (Wildman–Crippen MR) is 121 cm³/mol. The van der Waals surface area contributed by atoms with E-state index in [2.05, 4.69) is 23.2 Å². The number of aromatic nitrogens is 2. The van der Waals surface area contributed by atoms with Crippen molar-refractivity contribution in [3.8, 4) is 10.8 Å². The van der Waals surface area contributed by atoms with E-state index in [4.69, 9.17) is 8.83 Å². The largest absolute Gasteiger partial charge is 0.459 e. The normalized spacial score (nSPS) is 18.6. The summed E-state index contributed by atoms with van der Waals surface area (Å²) in [5, 5.41) is 8.70. The molecule has 1 saturated heterocycles. The first-order valence-electron chi connectivity index (χ1n) is 10.8. The number of thioether (sulfide) groups is 1. The lowest BCUT2D eigenvalue weighted by Crippen LogP contribution is -2.51. The van der Waals surface area contributed by atoms with Crippen LogP contribution in [0.5, 0.6) is 0 Å². The van der Waals surface area contributed by atoms with Crippen LogP contribution >= 0.6 is 23.1 Å². The highest BCUT2D eigenvalue weighted by Crippen LogP contribution is 2.37. The second-order valence-corrected chi connectivity index (χ2v) is 10.3. The Morgan fingerprint density at radius 1 is 1.22 bits per heavy atom. The minimum atomic E-state index is -0.139. The van der Waals surface area contributed by atoms with E-state index >= 15 is 0 Å². The molecule has 0 aromatic carbocycles. The predicted octanol–water partition coefficient (Wildman–Crippen LogP) is 3.59. The maximum atomic E-state index is 12.6. The molecular formula is C22H24N4O4S2. The summed E-state index contributed by atoms with van der Waals surface area (Å²) in [5.74, 6) is 1.66. The molecule has 0 radical (unpaired) electrons. The first kappa shape index (κ1) is 21.3. The molecule has 8 nitrogen and oxygen atoms in total. The molecule has 32 heavy (non-hydrogen) atoms. The molecule has 2 amide bonds. The van der Waals surface area contributed by atoms with Crippen molar-refractivity contribution >= 4 is 34.9 Å². The van der Waals surface area contributed by atoms with Crippen LogP contribution < -0.4 is 0 Å². The van der Waals surface area contributed by atoms with Crippen LogP contribution in [-0.2, 0) is 17.6 Å². The lowest BCUT2D eigenvalue weighted by molar-refractivity contribution is -0.129. The highest BCUT2D eigenvalue weighted by Gasteiger charge is 2.26. The molecule has 4 heterocycles. The number of hydrogen-bond acceptors (Lipinski definition) is 8. The van der Waals surface area contributed by atoms with Crippen LogP contribution in [0, 0.1) is 5.92 Å². The molecule has 3 aromatic rings. The summed E-state index contributed by atoms with van der Waals surface area (Å²) >= 11 is 2.99. The van der Waals surface area contributed by atoms with E-state index in [0.29, 0.717) is 43.1 Å². The van der Waals surface area contributed by atoms with E-state index in [0.717, 1.165) is 23.6 Å². The van der Waals surface area contributed by atoms with Gasteiger partial charge in [0, 0.05) is 31.1 Å². The Morgan fingerprint density at radius 2 is 2.03 bits per heavy atom. The van der Waals surface area contributed by atoms with Gasteiger partial charge < -0.3 is 18.6 Å². The van der Waals surface area contributed by atoms with Crippen LogP contribution in [0.2, 0.25) is 0 Å². The van der Waals surface area contributed by atoms with Gasteiger partial charge in [-0.1, -0.05) is 18.7 Å². The van der Waals surface area contributed by atoms with Crippen molar-refractivity contribution in [2.75, 3.05) is 31.9 Å². The summed E-state index contributed by atoms with van der Waals surface area (Å²) in [6.45, 7) is 4.26. The number of rotatable bonds is 5. The first-order chi connectivity index (χ1) is 15.6. The van der Waals surface area contributed by atoms with Gasteiger partial charge in [-0.25, -0.2) is 0 Å². The van der Waals surface area contributed by atoms with Crippen LogP contribution in [0.4, 0.5) is 0 Å². The first-order valence-corrected chi connectivity index (χ1v) is 12.6. The molecule has 1 fully saturated rings.